The van der Waals surface area contributed by atoms with Crippen molar-refractivity contribution in [2.24, 2.45) is 0 Å². The lowest BCUT2D eigenvalue weighted by Gasteiger charge is -2.07. The Balaban J connectivity index is 2.69. The summed E-state index contributed by atoms with van der Waals surface area (Å²) in [7, 11) is -4.03. The molecule has 5 nitrogen and oxygen atoms in total. The van der Waals surface area contributed by atoms with E-state index >= 15 is 0 Å². The van der Waals surface area contributed by atoms with E-state index in [4.69, 9.17) is 4.74 Å². The average Bonchev–Trinajstić information content (AvgIpc) is 2.39. The molecule has 0 saturated carbocycles. The van der Waals surface area contributed by atoms with Gasteiger partial charge in [-0.1, -0.05) is 20.3 Å². The highest BCUT2D eigenvalue weighted by Gasteiger charge is 2.19. The van der Waals surface area contributed by atoms with Gasteiger partial charge in [0.1, 0.15) is 10.6 Å². The van der Waals surface area contributed by atoms with Crippen molar-refractivity contribution in [1.82, 2.24) is 0 Å². The molecule has 0 fully saturated rings. The van der Waals surface area contributed by atoms with Crippen molar-refractivity contribution in [2.45, 2.75) is 44.4 Å². The van der Waals surface area contributed by atoms with E-state index in [0.717, 1.165) is 12.8 Å². The zero-order valence-corrected chi connectivity index (χ0v) is 12.6. The van der Waals surface area contributed by atoms with Gasteiger partial charge in [0.05, 0.1) is 6.61 Å². The van der Waals surface area contributed by atoms with Crippen LogP contribution < -0.4 is 4.74 Å². The highest BCUT2D eigenvalue weighted by molar-refractivity contribution is 7.87. The smallest absolute Gasteiger partial charge is 0.341 e. The molecule has 0 aliphatic heterocycles. The Hall–Kier alpha value is -1.56. The first kappa shape index (κ1) is 16.5. The summed E-state index contributed by atoms with van der Waals surface area (Å²) in [5.41, 5.74) is 0. The summed E-state index contributed by atoms with van der Waals surface area (Å²) in [6.45, 7) is 4.42. The third kappa shape index (κ3) is 5.21. The second-order valence-corrected chi connectivity index (χ2v) is 5.88. The molecule has 0 aliphatic rings. The normalized spacial score (nSPS) is 11.1. The molecule has 112 valence electrons. The summed E-state index contributed by atoms with van der Waals surface area (Å²) < 4.78 is 33.5. The van der Waals surface area contributed by atoms with Crippen molar-refractivity contribution in [3.63, 3.8) is 0 Å². The topological polar surface area (TPSA) is 69.7 Å². The average molecular weight is 300 g/mol. The van der Waals surface area contributed by atoms with Crippen molar-refractivity contribution in [3.05, 3.63) is 24.3 Å². The summed E-state index contributed by atoms with van der Waals surface area (Å²) >= 11 is 0. The molecular weight excluding hydrogens is 280 g/mol. The SMILES string of the molecule is CCCCOc1ccc(S(=O)(=O)OC(=O)CCC)cc1. The molecule has 0 heterocycles. The zero-order chi connectivity index (χ0) is 15.0. The van der Waals surface area contributed by atoms with Gasteiger partial charge in [0.25, 0.3) is 0 Å². The summed E-state index contributed by atoms with van der Waals surface area (Å²) in [5.74, 6) is -0.145. The summed E-state index contributed by atoms with van der Waals surface area (Å²) in [5, 5.41) is 0. The van der Waals surface area contributed by atoms with Crippen LogP contribution in [0, 0.1) is 0 Å². The molecule has 0 aromatic heterocycles. The van der Waals surface area contributed by atoms with Crippen molar-refractivity contribution < 1.29 is 22.1 Å². The number of unbranched alkanes of at least 4 members (excludes halogenated alkanes) is 1. The Kier molecular flexibility index (Phi) is 6.51. The van der Waals surface area contributed by atoms with Gasteiger partial charge in [0.2, 0.25) is 0 Å². The van der Waals surface area contributed by atoms with Gasteiger partial charge in [-0.3, -0.25) is 4.79 Å². The molecule has 6 heteroatoms. The van der Waals surface area contributed by atoms with Crippen LogP contribution in [-0.4, -0.2) is 21.0 Å². The summed E-state index contributed by atoms with van der Waals surface area (Å²) in [4.78, 5) is 11.2. The Morgan fingerprint density at radius 1 is 1.10 bits per heavy atom. The first-order valence-corrected chi connectivity index (χ1v) is 8.10. The highest BCUT2D eigenvalue weighted by Crippen LogP contribution is 2.18. The molecule has 0 saturated heterocycles. The third-order valence-corrected chi connectivity index (χ3v) is 3.79. The van der Waals surface area contributed by atoms with Crippen LogP contribution in [0.2, 0.25) is 0 Å². The van der Waals surface area contributed by atoms with E-state index in [1.54, 1.807) is 19.1 Å². The van der Waals surface area contributed by atoms with Crippen molar-refractivity contribution in [2.75, 3.05) is 6.61 Å². The molecule has 0 N–H and O–H groups in total. The van der Waals surface area contributed by atoms with Gasteiger partial charge >= 0.3 is 16.1 Å². The van der Waals surface area contributed by atoms with Gasteiger partial charge in [-0.05, 0) is 37.1 Å². The molecule has 0 amide bonds. The number of ether oxygens (including phenoxy) is 1. The third-order valence-electron chi connectivity index (χ3n) is 2.54. The van der Waals surface area contributed by atoms with Gasteiger partial charge < -0.3 is 8.92 Å². The van der Waals surface area contributed by atoms with Crippen LogP contribution >= 0.6 is 0 Å². The number of carbonyl (C=O) groups excluding carboxylic acids is 1. The second-order valence-electron chi connectivity index (χ2n) is 4.33. The van der Waals surface area contributed by atoms with Crippen LogP contribution in [0.3, 0.4) is 0 Å². The minimum atomic E-state index is -4.03. The maximum Gasteiger partial charge on any atom is 0.341 e. The highest BCUT2D eigenvalue weighted by atomic mass is 32.2. The van der Waals surface area contributed by atoms with E-state index in [-0.39, 0.29) is 11.3 Å². The van der Waals surface area contributed by atoms with Gasteiger partial charge in [-0.15, -0.1) is 0 Å². The first-order valence-electron chi connectivity index (χ1n) is 6.69. The van der Waals surface area contributed by atoms with Crippen LogP contribution in [-0.2, 0) is 19.1 Å². The van der Waals surface area contributed by atoms with Gasteiger partial charge in [0, 0.05) is 6.42 Å². The predicted octanol–water partition coefficient (Wildman–Crippen LogP) is 2.90. The van der Waals surface area contributed by atoms with Crippen molar-refractivity contribution >= 4 is 16.1 Å². The Morgan fingerprint density at radius 2 is 1.75 bits per heavy atom. The van der Waals surface area contributed by atoms with E-state index in [9.17, 15) is 13.2 Å². The monoisotopic (exact) mass is 300 g/mol. The van der Waals surface area contributed by atoms with E-state index < -0.39 is 16.1 Å². The minimum absolute atomic E-state index is 0.0511. The number of hydrogen-bond acceptors (Lipinski definition) is 5. The molecule has 1 aromatic rings. The lowest BCUT2D eigenvalue weighted by Crippen LogP contribution is -2.12. The number of benzene rings is 1. The lowest BCUT2D eigenvalue weighted by atomic mass is 10.3. The standard InChI is InChI=1S/C14H20O5S/c1-3-5-11-18-12-7-9-13(10-8-12)20(16,17)19-14(15)6-4-2/h7-10H,3-6,11H2,1-2H3. The molecule has 0 aliphatic carbocycles. The zero-order valence-electron chi connectivity index (χ0n) is 11.8. The molecular formula is C14H20O5S. The van der Waals surface area contributed by atoms with E-state index in [2.05, 4.69) is 11.1 Å². The molecule has 20 heavy (non-hydrogen) atoms. The first-order chi connectivity index (χ1) is 9.49. The van der Waals surface area contributed by atoms with Gasteiger partial charge in [0.15, 0.2) is 0 Å². The quantitative estimate of drug-likeness (QED) is 0.545. The van der Waals surface area contributed by atoms with Gasteiger partial charge in [-0.25, -0.2) is 0 Å². The van der Waals surface area contributed by atoms with Crippen molar-refractivity contribution in [1.29, 1.82) is 0 Å². The molecule has 1 rings (SSSR count). The Morgan fingerprint density at radius 3 is 2.30 bits per heavy atom. The second kappa shape index (κ2) is 7.89. The van der Waals surface area contributed by atoms with Crippen molar-refractivity contribution in [3.8, 4) is 5.75 Å². The van der Waals surface area contributed by atoms with E-state index in [0.29, 0.717) is 18.8 Å². The van der Waals surface area contributed by atoms with Gasteiger partial charge in [-0.2, -0.15) is 8.42 Å². The van der Waals surface area contributed by atoms with Crippen LogP contribution in [0.5, 0.6) is 5.75 Å². The largest absolute Gasteiger partial charge is 0.494 e. The van der Waals surface area contributed by atoms with Crippen LogP contribution in [0.15, 0.2) is 29.2 Å². The van der Waals surface area contributed by atoms with E-state index in [1.165, 1.54) is 12.1 Å². The minimum Gasteiger partial charge on any atom is -0.494 e. The maximum absolute atomic E-state index is 11.8. The van der Waals surface area contributed by atoms with E-state index in [1.807, 2.05) is 0 Å². The number of hydrogen-bond donors (Lipinski definition) is 0. The molecule has 0 bridgehead atoms. The fourth-order valence-electron chi connectivity index (χ4n) is 1.45. The predicted molar refractivity (Wildman–Crippen MR) is 75.0 cm³/mol. The number of carbonyl (C=O) groups is 1. The molecule has 1 aromatic carbocycles. The summed E-state index contributed by atoms with van der Waals surface area (Å²) in [6.07, 6.45) is 2.59. The molecule has 0 atom stereocenters. The van der Waals surface area contributed by atoms with Crippen LogP contribution in [0.4, 0.5) is 0 Å². The van der Waals surface area contributed by atoms with Crippen LogP contribution in [0.1, 0.15) is 39.5 Å². The Bertz CT molecular complexity index is 519. The maximum atomic E-state index is 11.8. The Labute approximate surface area is 120 Å². The molecule has 0 radical (unpaired) electrons. The fraction of sp³-hybridized carbons (Fsp3) is 0.500. The summed E-state index contributed by atoms with van der Waals surface area (Å²) in [6, 6.07) is 5.85. The van der Waals surface area contributed by atoms with Crippen LogP contribution in [0.25, 0.3) is 0 Å². The number of rotatable bonds is 8. The lowest BCUT2D eigenvalue weighted by molar-refractivity contribution is -0.133. The molecule has 0 unspecified atom stereocenters. The fourth-order valence-corrected chi connectivity index (χ4v) is 2.35. The molecule has 0 spiro atoms.